The van der Waals surface area contributed by atoms with Crippen LogP contribution in [0.25, 0.3) is 10.2 Å². The first kappa shape index (κ1) is 25.4. The minimum atomic E-state index is -0.469. The van der Waals surface area contributed by atoms with Crippen LogP contribution >= 0.6 is 23.1 Å². The van der Waals surface area contributed by atoms with Gasteiger partial charge in [0, 0.05) is 44.9 Å². The Morgan fingerprint density at radius 1 is 1.24 bits per heavy atom. The van der Waals surface area contributed by atoms with Crippen molar-refractivity contribution in [3.63, 3.8) is 0 Å². The summed E-state index contributed by atoms with van der Waals surface area (Å²) in [6.45, 7) is 7.84. The Morgan fingerprint density at radius 3 is 2.59 bits per heavy atom. The van der Waals surface area contributed by atoms with Crippen LogP contribution in [0.15, 0.2) is 35.8 Å². The number of amides is 3. The Kier molecular flexibility index (Phi) is 8.82. The van der Waals surface area contributed by atoms with E-state index in [-0.39, 0.29) is 29.2 Å². The summed E-state index contributed by atoms with van der Waals surface area (Å²) in [6, 6.07) is 4.50. The average molecular weight is 508 g/mol. The lowest BCUT2D eigenvalue weighted by Gasteiger charge is -2.34. The van der Waals surface area contributed by atoms with Crippen molar-refractivity contribution < 1.29 is 24.0 Å². The van der Waals surface area contributed by atoms with E-state index in [1.54, 1.807) is 33.4 Å². The molecule has 1 aliphatic rings. The van der Waals surface area contributed by atoms with Crippen LogP contribution in [0.4, 0.5) is 10.5 Å². The number of rotatable bonds is 8. The Labute approximate surface area is 203 Å². The number of nitrogens with zero attached hydrogens (tertiary/aromatic N) is 5. The number of benzene rings is 1. The maximum absolute atomic E-state index is 12.4. The van der Waals surface area contributed by atoms with Crippen molar-refractivity contribution >= 4 is 56.9 Å². The second kappa shape index (κ2) is 11.8. The molecule has 11 nitrogen and oxygen atoms in total. The standard InChI is InChI=1S/C21H25N5O6S2/c1-3-7-25-16-6-5-15(26(30)31)12-17(16)34-20(25)22-18(27)13-33-14-19(28)23-8-10-24(11-9-23)21(29)32-4-2/h3,5-6,12H,1,4,7-11,13-14H2,2H3. The summed E-state index contributed by atoms with van der Waals surface area (Å²) in [5.74, 6) is -0.343. The number of hydrogen-bond donors (Lipinski definition) is 0. The summed E-state index contributed by atoms with van der Waals surface area (Å²) in [7, 11) is 0. The Bertz CT molecular complexity index is 1170. The second-order valence-electron chi connectivity index (χ2n) is 7.26. The minimum absolute atomic E-state index is 0.0248. The smallest absolute Gasteiger partial charge is 0.409 e. The van der Waals surface area contributed by atoms with Gasteiger partial charge in [-0.1, -0.05) is 17.4 Å². The van der Waals surface area contributed by atoms with Crippen LogP contribution in [0.1, 0.15) is 6.92 Å². The average Bonchev–Trinajstić information content (AvgIpc) is 3.15. The molecule has 2 heterocycles. The fourth-order valence-corrected chi connectivity index (χ4v) is 5.16. The van der Waals surface area contributed by atoms with E-state index in [0.29, 0.717) is 48.8 Å². The highest BCUT2D eigenvalue weighted by atomic mass is 32.2. The summed E-state index contributed by atoms with van der Waals surface area (Å²) in [4.78, 5) is 55.1. The molecule has 13 heteroatoms. The van der Waals surface area contributed by atoms with Crippen LogP contribution in [0, 0.1) is 10.1 Å². The van der Waals surface area contributed by atoms with Crippen molar-refractivity contribution in [2.75, 3.05) is 44.3 Å². The van der Waals surface area contributed by atoms with E-state index in [9.17, 15) is 24.5 Å². The molecule has 1 saturated heterocycles. The molecular weight excluding hydrogens is 482 g/mol. The van der Waals surface area contributed by atoms with Gasteiger partial charge in [0.15, 0.2) is 4.80 Å². The maximum atomic E-state index is 12.4. The number of aromatic nitrogens is 1. The van der Waals surface area contributed by atoms with Gasteiger partial charge in [0.2, 0.25) is 5.91 Å². The molecule has 3 rings (SSSR count). The molecule has 1 fully saturated rings. The number of non-ortho nitro benzene ring substituents is 1. The lowest BCUT2D eigenvalue weighted by molar-refractivity contribution is -0.384. The molecule has 3 amide bonds. The van der Waals surface area contributed by atoms with Crippen LogP contribution < -0.4 is 4.80 Å². The first-order valence-corrected chi connectivity index (χ1v) is 12.5. The first-order valence-electron chi connectivity index (χ1n) is 10.6. The fraction of sp³-hybridized carbons (Fsp3) is 0.429. The zero-order valence-electron chi connectivity index (χ0n) is 18.7. The molecule has 0 spiro atoms. The number of thiazole rings is 1. The second-order valence-corrected chi connectivity index (χ2v) is 9.25. The molecule has 0 bridgehead atoms. The topological polar surface area (TPSA) is 127 Å². The molecule has 0 N–H and O–H groups in total. The monoisotopic (exact) mass is 507 g/mol. The molecule has 34 heavy (non-hydrogen) atoms. The number of nitro benzene ring substituents is 1. The molecular formula is C21H25N5O6S2. The quantitative estimate of drug-likeness (QED) is 0.305. The van der Waals surface area contributed by atoms with E-state index in [1.807, 2.05) is 0 Å². The minimum Gasteiger partial charge on any atom is -0.450 e. The number of fused-ring (bicyclic) bond motifs is 1. The van der Waals surface area contributed by atoms with Gasteiger partial charge in [0.25, 0.3) is 11.6 Å². The van der Waals surface area contributed by atoms with E-state index < -0.39 is 10.8 Å². The van der Waals surface area contributed by atoms with Gasteiger partial charge in [0.05, 0.1) is 33.3 Å². The molecule has 1 aromatic heterocycles. The van der Waals surface area contributed by atoms with Gasteiger partial charge in [0.1, 0.15) is 0 Å². The van der Waals surface area contributed by atoms with E-state index in [2.05, 4.69) is 11.6 Å². The van der Waals surface area contributed by atoms with Gasteiger partial charge in [-0.25, -0.2) is 4.79 Å². The Hall–Kier alpha value is -3.19. The van der Waals surface area contributed by atoms with Gasteiger partial charge in [-0.2, -0.15) is 4.99 Å². The van der Waals surface area contributed by atoms with Gasteiger partial charge in [-0.15, -0.1) is 18.3 Å². The molecule has 0 unspecified atom stereocenters. The first-order chi connectivity index (χ1) is 16.3. The van der Waals surface area contributed by atoms with Crippen molar-refractivity contribution in [2.45, 2.75) is 13.5 Å². The lowest BCUT2D eigenvalue weighted by atomic mass is 10.3. The van der Waals surface area contributed by atoms with Crippen molar-refractivity contribution in [1.29, 1.82) is 0 Å². The lowest BCUT2D eigenvalue weighted by Crippen LogP contribution is -2.51. The number of piperazine rings is 1. The summed E-state index contributed by atoms with van der Waals surface area (Å²) in [5, 5.41) is 11.1. The third kappa shape index (κ3) is 6.23. The third-order valence-electron chi connectivity index (χ3n) is 5.02. The van der Waals surface area contributed by atoms with Crippen LogP contribution in [-0.2, 0) is 20.9 Å². The summed E-state index contributed by atoms with van der Waals surface area (Å²) >= 11 is 2.36. The number of ether oxygens (including phenoxy) is 1. The van der Waals surface area contributed by atoms with Gasteiger partial charge in [-0.3, -0.25) is 19.7 Å². The van der Waals surface area contributed by atoms with E-state index >= 15 is 0 Å². The molecule has 2 aromatic rings. The molecule has 0 saturated carbocycles. The predicted molar refractivity (Wildman–Crippen MR) is 130 cm³/mol. The number of thioether (sulfide) groups is 1. The Balaban J connectivity index is 1.58. The van der Waals surface area contributed by atoms with Crippen LogP contribution in [-0.4, -0.2) is 81.5 Å². The Morgan fingerprint density at radius 2 is 1.94 bits per heavy atom. The van der Waals surface area contributed by atoms with Gasteiger partial charge in [-0.05, 0) is 13.0 Å². The summed E-state index contributed by atoms with van der Waals surface area (Å²) < 4.78 is 7.39. The zero-order valence-corrected chi connectivity index (χ0v) is 20.3. The number of hydrogen-bond acceptors (Lipinski definition) is 8. The summed E-state index contributed by atoms with van der Waals surface area (Å²) in [6.07, 6.45) is 1.28. The SMILES string of the molecule is C=CCn1c(=NC(=O)CSCC(=O)N2CCN(C(=O)OCC)CC2)sc2cc([N+](=O)[O-])ccc21. The largest absolute Gasteiger partial charge is 0.450 e. The normalized spacial score (nSPS) is 14.3. The number of nitro groups is 1. The van der Waals surface area contributed by atoms with E-state index in [1.165, 1.54) is 35.2 Å². The fourth-order valence-electron chi connectivity index (χ4n) is 3.38. The van der Waals surface area contributed by atoms with Crippen LogP contribution in [0.3, 0.4) is 0 Å². The highest BCUT2D eigenvalue weighted by molar-refractivity contribution is 8.00. The van der Waals surface area contributed by atoms with Gasteiger partial charge < -0.3 is 19.1 Å². The van der Waals surface area contributed by atoms with E-state index in [0.717, 1.165) is 5.52 Å². The number of carbonyl (C=O) groups is 3. The van der Waals surface area contributed by atoms with Crippen molar-refractivity contribution in [2.24, 2.45) is 4.99 Å². The predicted octanol–water partition coefficient (Wildman–Crippen LogP) is 2.26. The van der Waals surface area contributed by atoms with Crippen LogP contribution in [0.5, 0.6) is 0 Å². The van der Waals surface area contributed by atoms with Crippen molar-refractivity contribution in [3.8, 4) is 0 Å². The highest BCUT2D eigenvalue weighted by Gasteiger charge is 2.24. The third-order valence-corrected chi connectivity index (χ3v) is 6.96. The van der Waals surface area contributed by atoms with E-state index in [4.69, 9.17) is 4.74 Å². The van der Waals surface area contributed by atoms with Crippen LogP contribution in [0.2, 0.25) is 0 Å². The number of allylic oxidation sites excluding steroid dienone is 1. The zero-order chi connectivity index (χ0) is 24.7. The molecule has 0 aliphatic carbocycles. The number of carbonyl (C=O) groups excluding carboxylic acids is 3. The summed E-state index contributed by atoms with van der Waals surface area (Å²) in [5.41, 5.74) is 0.696. The molecule has 0 radical (unpaired) electrons. The van der Waals surface area contributed by atoms with Crippen molar-refractivity contribution in [1.82, 2.24) is 14.4 Å². The molecule has 1 aromatic carbocycles. The maximum Gasteiger partial charge on any atom is 0.409 e. The van der Waals surface area contributed by atoms with Gasteiger partial charge >= 0.3 is 6.09 Å². The molecule has 1 aliphatic heterocycles. The molecule has 0 atom stereocenters. The van der Waals surface area contributed by atoms with Crippen molar-refractivity contribution in [3.05, 3.63) is 45.8 Å². The highest BCUT2D eigenvalue weighted by Crippen LogP contribution is 2.23. The molecule has 182 valence electrons.